The van der Waals surface area contributed by atoms with Gasteiger partial charge in [0, 0.05) is 30.1 Å². The molecule has 1 atom stereocenters. The van der Waals surface area contributed by atoms with E-state index < -0.39 is 29.6 Å². The van der Waals surface area contributed by atoms with Crippen molar-refractivity contribution in [3.05, 3.63) is 95.8 Å². The fourth-order valence-corrected chi connectivity index (χ4v) is 2.80. The van der Waals surface area contributed by atoms with Crippen LogP contribution in [0.3, 0.4) is 0 Å². The van der Waals surface area contributed by atoms with Gasteiger partial charge in [-0.15, -0.1) is 0 Å². The van der Waals surface area contributed by atoms with Crippen LogP contribution in [0.5, 0.6) is 0 Å². The number of hydrogen-bond acceptors (Lipinski definition) is 3. The summed E-state index contributed by atoms with van der Waals surface area (Å²) in [6, 6.07) is 14.2. The van der Waals surface area contributed by atoms with E-state index in [4.69, 9.17) is 0 Å². The number of rotatable bonds is 7. The summed E-state index contributed by atoms with van der Waals surface area (Å²) in [5, 5.41) is 7.69. The van der Waals surface area contributed by atoms with Crippen LogP contribution in [0.25, 0.3) is 0 Å². The third-order valence-electron chi connectivity index (χ3n) is 4.34. The second-order valence-corrected chi connectivity index (χ2v) is 6.49. The number of pyridine rings is 1. The number of amides is 3. The molecule has 0 fully saturated rings. The molecule has 154 valence electrons. The van der Waals surface area contributed by atoms with E-state index in [2.05, 4.69) is 20.9 Å². The Morgan fingerprint density at radius 1 is 0.900 bits per heavy atom. The van der Waals surface area contributed by atoms with Crippen LogP contribution in [0.1, 0.15) is 11.1 Å². The van der Waals surface area contributed by atoms with Gasteiger partial charge in [0.15, 0.2) is 0 Å². The fourth-order valence-electron chi connectivity index (χ4n) is 2.80. The molecule has 8 heteroatoms. The third-order valence-corrected chi connectivity index (χ3v) is 4.34. The molecule has 0 aliphatic carbocycles. The van der Waals surface area contributed by atoms with Gasteiger partial charge in [0.25, 0.3) is 0 Å². The minimum atomic E-state index is -0.911. The van der Waals surface area contributed by atoms with E-state index in [1.54, 1.807) is 12.1 Å². The largest absolute Gasteiger partial charge is 0.334 e. The van der Waals surface area contributed by atoms with Crippen molar-refractivity contribution in [1.29, 1.82) is 0 Å². The number of halogens is 2. The van der Waals surface area contributed by atoms with Gasteiger partial charge in [-0.05, 0) is 29.8 Å². The Hall–Kier alpha value is -3.81. The molecule has 0 saturated heterocycles. The lowest BCUT2D eigenvalue weighted by atomic mass is 10.1. The molecule has 3 amide bonds. The van der Waals surface area contributed by atoms with Gasteiger partial charge in [-0.1, -0.05) is 36.4 Å². The normalized spacial score (nSPS) is 11.4. The van der Waals surface area contributed by atoms with Gasteiger partial charge in [-0.3, -0.25) is 9.78 Å². The molecule has 1 heterocycles. The first kappa shape index (κ1) is 20.9. The quantitative estimate of drug-likeness (QED) is 0.558. The number of nitrogens with one attached hydrogen (secondary N) is 3. The average Bonchev–Trinajstić information content (AvgIpc) is 2.74. The molecule has 3 aromatic rings. The van der Waals surface area contributed by atoms with Gasteiger partial charge in [-0.2, -0.15) is 0 Å². The van der Waals surface area contributed by atoms with Crippen LogP contribution in [0, 0.1) is 11.6 Å². The Bertz CT molecular complexity index is 980. The van der Waals surface area contributed by atoms with Gasteiger partial charge in [0.05, 0.1) is 6.54 Å². The third kappa shape index (κ3) is 5.84. The van der Waals surface area contributed by atoms with E-state index >= 15 is 0 Å². The summed E-state index contributed by atoms with van der Waals surface area (Å²) in [6.07, 6.45) is 3.30. The highest BCUT2D eigenvalue weighted by atomic mass is 19.1. The van der Waals surface area contributed by atoms with Crippen LogP contribution in [0.4, 0.5) is 19.3 Å². The monoisotopic (exact) mass is 410 g/mol. The molecule has 0 saturated carbocycles. The van der Waals surface area contributed by atoms with Gasteiger partial charge in [0.1, 0.15) is 17.7 Å². The molecular formula is C22H20F2N4O2. The zero-order valence-electron chi connectivity index (χ0n) is 15.9. The summed E-state index contributed by atoms with van der Waals surface area (Å²) >= 11 is 0. The van der Waals surface area contributed by atoms with E-state index in [0.717, 1.165) is 17.7 Å². The highest BCUT2D eigenvalue weighted by Crippen LogP contribution is 2.12. The molecule has 0 radical (unpaired) electrons. The number of carbonyl (C=O) groups is 2. The Morgan fingerprint density at radius 3 is 2.23 bits per heavy atom. The lowest BCUT2D eigenvalue weighted by Crippen LogP contribution is -2.49. The number of benzene rings is 2. The van der Waals surface area contributed by atoms with Crippen molar-refractivity contribution in [1.82, 2.24) is 15.6 Å². The van der Waals surface area contributed by atoms with Crippen LogP contribution in [0.15, 0.2) is 73.1 Å². The van der Waals surface area contributed by atoms with Crippen molar-refractivity contribution in [2.45, 2.75) is 19.0 Å². The van der Waals surface area contributed by atoms with Gasteiger partial charge in [-0.25, -0.2) is 13.6 Å². The lowest BCUT2D eigenvalue weighted by Gasteiger charge is -2.19. The molecule has 3 N–H and O–H groups in total. The lowest BCUT2D eigenvalue weighted by molar-refractivity contribution is -0.117. The number of carbonyl (C=O) groups excluding carboxylic acids is 2. The molecule has 6 nitrogen and oxygen atoms in total. The molecule has 0 bridgehead atoms. The van der Waals surface area contributed by atoms with Gasteiger partial charge >= 0.3 is 6.03 Å². The van der Waals surface area contributed by atoms with Crippen LogP contribution in [-0.2, 0) is 17.8 Å². The first-order valence-electron chi connectivity index (χ1n) is 9.25. The predicted octanol–water partition coefficient (Wildman–Crippen LogP) is 3.41. The molecule has 0 aliphatic rings. The van der Waals surface area contributed by atoms with Crippen molar-refractivity contribution in [3.8, 4) is 0 Å². The Labute approximate surface area is 172 Å². The van der Waals surface area contributed by atoms with E-state index in [9.17, 15) is 18.4 Å². The van der Waals surface area contributed by atoms with Gasteiger partial charge < -0.3 is 16.0 Å². The molecule has 0 unspecified atom stereocenters. The minimum Gasteiger partial charge on any atom is -0.334 e. The van der Waals surface area contributed by atoms with Crippen LogP contribution < -0.4 is 16.0 Å². The van der Waals surface area contributed by atoms with Crippen LogP contribution in [-0.4, -0.2) is 23.0 Å². The summed E-state index contributed by atoms with van der Waals surface area (Å²) in [5.74, 6) is -1.95. The number of aromatic nitrogens is 1. The maximum Gasteiger partial charge on any atom is 0.315 e. The molecular weight excluding hydrogens is 390 g/mol. The van der Waals surface area contributed by atoms with E-state index in [-0.39, 0.29) is 18.5 Å². The maximum atomic E-state index is 13.7. The topological polar surface area (TPSA) is 83.1 Å². The van der Waals surface area contributed by atoms with Gasteiger partial charge in [0.2, 0.25) is 5.91 Å². The van der Waals surface area contributed by atoms with Crippen molar-refractivity contribution in [3.63, 3.8) is 0 Å². The zero-order chi connectivity index (χ0) is 21.3. The van der Waals surface area contributed by atoms with E-state index in [0.29, 0.717) is 5.69 Å². The second kappa shape index (κ2) is 10.1. The highest BCUT2D eigenvalue weighted by molar-refractivity contribution is 5.97. The SMILES string of the molecule is O=C(NCc1c(F)cccc1F)N[C@@H](Cc1ccccc1)C(=O)Nc1ccncc1. The standard InChI is InChI=1S/C22H20F2N4O2/c23-18-7-4-8-19(24)17(18)14-26-22(30)28-20(13-15-5-2-1-3-6-15)21(29)27-16-9-11-25-12-10-16/h1-12,20H,13-14H2,(H,25,27,29)(H2,26,28,30)/t20-/m0/s1. The molecule has 0 spiro atoms. The zero-order valence-corrected chi connectivity index (χ0v) is 15.9. The molecule has 2 aromatic carbocycles. The number of urea groups is 1. The molecule has 0 aliphatic heterocycles. The average molecular weight is 410 g/mol. The summed E-state index contributed by atoms with van der Waals surface area (Å²) in [7, 11) is 0. The first-order valence-corrected chi connectivity index (χ1v) is 9.25. The number of hydrogen-bond donors (Lipinski definition) is 3. The Morgan fingerprint density at radius 2 is 1.57 bits per heavy atom. The Balaban J connectivity index is 1.68. The second-order valence-electron chi connectivity index (χ2n) is 6.49. The summed E-state index contributed by atoms with van der Waals surface area (Å²) in [6.45, 7) is -0.353. The predicted molar refractivity (Wildman–Crippen MR) is 109 cm³/mol. The molecule has 3 rings (SSSR count). The summed E-state index contributed by atoms with van der Waals surface area (Å²) in [5.41, 5.74) is 1.12. The van der Waals surface area contributed by atoms with Crippen molar-refractivity contribution in [2.24, 2.45) is 0 Å². The highest BCUT2D eigenvalue weighted by Gasteiger charge is 2.22. The summed E-state index contributed by atoms with van der Waals surface area (Å²) in [4.78, 5) is 29.0. The van der Waals surface area contributed by atoms with Crippen LogP contribution >= 0.6 is 0 Å². The maximum absolute atomic E-state index is 13.7. The summed E-state index contributed by atoms with van der Waals surface area (Å²) < 4.78 is 27.5. The van der Waals surface area contributed by atoms with Crippen molar-refractivity contribution < 1.29 is 18.4 Å². The van der Waals surface area contributed by atoms with E-state index in [1.165, 1.54) is 18.5 Å². The Kier molecular flexibility index (Phi) is 7.05. The van der Waals surface area contributed by atoms with E-state index in [1.807, 2.05) is 30.3 Å². The first-order chi connectivity index (χ1) is 14.5. The van der Waals surface area contributed by atoms with Crippen molar-refractivity contribution in [2.75, 3.05) is 5.32 Å². The van der Waals surface area contributed by atoms with Crippen molar-refractivity contribution >= 4 is 17.6 Å². The molecule has 30 heavy (non-hydrogen) atoms. The molecule has 1 aromatic heterocycles. The van der Waals surface area contributed by atoms with Crippen LogP contribution in [0.2, 0.25) is 0 Å². The number of anilines is 1. The minimum absolute atomic E-state index is 0.235. The number of nitrogens with zero attached hydrogens (tertiary/aromatic N) is 1. The fraction of sp³-hybridized carbons (Fsp3) is 0.136. The smallest absolute Gasteiger partial charge is 0.315 e.